The minimum Gasteiger partial charge on any atom is -0.377 e. The molecule has 0 aromatic heterocycles. The Morgan fingerprint density at radius 1 is 1.16 bits per heavy atom. The molecule has 150 valence electrons. The Morgan fingerprint density at radius 2 is 1.64 bits per heavy atom. The Balaban J connectivity index is -0.000000551. The average molecular weight is 566 g/mol. The van der Waals surface area contributed by atoms with Crippen molar-refractivity contribution in [2.75, 3.05) is 21.3 Å². The number of hydrogen-bond donors (Lipinski definition) is 0. The summed E-state index contributed by atoms with van der Waals surface area (Å²) in [5, 5.41) is 1.40. The van der Waals surface area contributed by atoms with Crippen LogP contribution in [0.2, 0.25) is 24.7 Å². The van der Waals surface area contributed by atoms with Crippen LogP contribution in [0.5, 0.6) is 0 Å². The molecule has 0 aromatic carbocycles. The van der Waals surface area contributed by atoms with Crippen LogP contribution < -0.4 is 0 Å². The molecule has 0 fully saturated rings. The summed E-state index contributed by atoms with van der Waals surface area (Å²) in [6.07, 6.45) is 9.72. The van der Waals surface area contributed by atoms with E-state index in [0.717, 1.165) is 18.9 Å². The van der Waals surface area contributed by atoms with Gasteiger partial charge in [0.1, 0.15) is 0 Å². The quantitative estimate of drug-likeness (QED) is 0.210. The minimum absolute atomic E-state index is 0. The second kappa shape index (κ2) is 14.3. The second-order valence-corrected chi connectivity index (χ2v) is 13.8. The molecule has 0 spiro atoms. The van der Waals surface area contributed by atoms with Gasteiger partial charge in [-0.1, -0.05) is 32.5 Å². The summed E-state index contributed by atoms with van der Waals surface area (Å²) in [6, 6.07) is 1.06. The summed E-state index contributed by atoms with van der Waals surface area (Å²) in [4.78, 5) is 0. The van der Waals surface area contributed by atoms with Gasteiger partial charge in [-0.2, -0.15) is 11.6 Å². The van der Waals surface area contributed by atoms with Crippen molar-refractivity contribution < 1.29 is 34.3 Å². The zero-order valence-electron chi connectivity index (χ0n) is 17.6. The van der Waals surface area contributed by atoms with Crippen LogP contribution in [0, 0.1) is 28.4 Å². The number of allylic oxidation sites excluding steroid dienone is 5. The van der Waals surface area contributed by atoms with Gasteiger partial charge >= 0.3 is 29.9 Å². The maximum Gasteiger partial charge on any atom is 4.00 e. The van der Waals surface area contributed by atoms with Crippen molar-refractivity contribution in [2.45, 2.75) is 44.4 Å². The molecule has 0 heterocycles. The summed E-state index contributed by atoms with van der Waals surface area (Å²) >= 11 is 0. The Labute approximate surface area is 174 Å². The van der Waals surface area contributed by atoms with Crippen molar-refractivity contribution >= 4 is 16.9 Å². The first-order valence-electron chi connectivity index (χ1n) is 7.50. The van der Waals surface area contributed by atoms with Crippen molar-refractivity contribution in [3.8, 4) is 0 Å². The minimum atomic E-state index is -2.69. The van der Waals surface area contributed by atoms with Gasteiger partial charge in [-0.15, -0.1) is 13.0 Å². The first kappa shape index (κ1) is 32.9. The Hall–Kier alpha value is 0.222. The van der Waals surface area contributed by atoms with E-state index in [2.05, 4.69) is 38.7 Å². The fraction of sp³-hybridized carbons (Fsp3) is 0.526. The SMILES string of the molecule is C=CC[Si](C)(C)C1=[C-]CC=C1C(CC)[Si](OC)(OC)OC.[CH3-].[CH3-].[CH3-].[Pt+4]. The van der Waals surface area contributed by atoms with E-state index in [9.17, 15) is 0 Å². The zero-order valence-corrected chi connectivity index (χ0v) is 21.9. The van der Waals surface area contributed by atoms with Crippen molar-refractivity contribution in [1.29, 1.82) is 0 Å². The predicted octanol–water partition coefficient (Wildman–Crippen LogP) is 5.49. The summed E-state index contributed by atoms with van der Waals surface area (Å²) < 4.78 is 17.2. The predicted molar refractivity (Wildman–Crippen MR) is 112 cm³/mol. The molecule has 0 saturated carbocycles. The van der Waals surface area contributed by atoms with E-state index < -0.39 is 16.9 Å². The summed E-state index contributed by atoms with van der Waals surface area (Å²) in [6.45, 7) is 10.8. The van der Waals surface area contributed by atoms with Crippen LogP contribution in [-0.4, -0.2) is 38.2 Å². The van der Waals surface area contributed by atoms with Crippen LogP contribution in [0.4, 0.5) is 0 Å². The normalized spacial score (nSPS) is 14.6. The van der Waals surface area contributed by atoms with Gasteiger partial charge in [0.05, 0.1) is 0 Å². The van der Waals surface area contributed by atoms with E-state index in [4.69, 9.17) is 13.3 Å². The van der Waals surface area contributed by atoms with Gasteiger partial charge in [0, 0.05) is 29.4 Å². The van der Waals surface area contributed by atoms with E-state index >= 15 is 0 Å². The van der Waals surface area contributed by atoms with Gasteiger partial charge in [0.25, 0.3) is 0 Å². The van der Waals surface area contributed by atoms with Crippen LogP contribution in [0.25, 0.3) is 0 Å². The van der Waals surface area contributed by atoms with E-state index in [0.29, 0.717) is 0 Å². The molecule has 0 N–H and O–H groups in total. The molecule has 1 unspecified atom stereocenters. The molecular formula is C19H38O3PtSi2. The molecule has 25 heavy (non-hydrogen) atoms. The van der Waals surface area contributed by atoms with E-state index in [-0.39, 0.29) is 48.9 Å². The Morgan fingerprint density at radius 3 is 2.00 bits per heavy atom. The molecule has 0 aliphatic heterocycles. The maximum atomic E-state index is 5.73. The van der Waals surface area contributed by atoms with Gasteiger partial charge in [-0.3, -0.25) is 6.08 Å². The van der Waals surface area contributed by atoms with Gasteiger partial charge in [0.15, 0.2) is 0 Å². The number of rotatable bonds is 9. The largest absolute Gasteiger partial charge is 4.00 e. The maximum absolute atomic E-state index is 5.73. The molecule has 0 amide bonds. The average Bonchev–Trinajstić information content (AvgIpc) is 2.94. The van der Waals surface area contributed by atoms with Crippen LogP contribution in [0.15, 0.2) is 29.5 Å². The first-order valence-corrected chi connectivity index (χ1v) is 12.5. The molecule has 6 heteroatoms. The third kappa shape index (κ3) is 7.04. The Kier molecular flexibility index (Phi) is 18.8. The van der Waals surface area contributed by atoms with Gasteiger partial charge in [-0.25, -0.2) is 5.20 Å². The van der Waals surface area contributed by atoms with E-state index in [1.165, 1.54) is 10.8 Å². The second-order valence-electron chi connectivity index (χ2n) is 5.97. The molecule has 0 saturated heterocycles. The molecule has 1 rings (SSSR count). The van der Waals surface area contributed by atoms with Crippen molar-refractivity contribution in [1.82, 2.24) is 0 Å². The van der Waals surface area contributed by atoms with Crippen LogP contribution in [0.1, 0.15) is 19.8 Å². The molecule has 1 aliphatic rings. The molecule has 1 atom stereocenters. The molecule has 0 radical (unpaired) electrons. The van der Waals surface area contributed by atoms with Crippen molar-refractivity contribution in [2.24, 2.45) is 0 Å². The van der Waals surface area contributed by atoms with Crippen LogP contribution in [-0.2, 0) is 34.3 Å². The molecule has 0 aromatic rings. The molecule has 3 nitrogen and oxygen atoms in total. The van der Waals surface area contributed by atoms with Gasteiger partial charge in [-0.05, 0) is 11.6 Å². The molecule has 0 bridgehead atoms. The van der Waals surface area contributed by atoms with Crippen molar-refractivity contribution in [3.05, 3.63) is 57.9 Å². The third-order valence-electron chi connectivity index (χ3n) is 4.28. The fourth-order valence-electron chi connectivity index (χ4n) is 3.21. The van der Waals surface area contributed by atoms with Crippen molar-refractivity contribution in [3.63, 3.8) is 0 Å². The topological polar surface area (TPSA) is 27.7 Å². The van der Waals surface area contributed by atoms with Gasteiger partial charge < -0.3 is 35.6 Å². The van der Waals surface area contributed by atoms with E-state index in [1.807, 2.05) is 6.08 Å². The third-order valence-corrected chi connectivity index (χ3v) is 10.7. The standard InChI is InChI=1S/C16H29O3Si2.3CH3.Pt/c1-8-13-20(6,7)16-12-10-11-14(16)15(9-2)21(17-3,18-4)19-5;;;;/h8,11,15H,1,9-10,13H2,2-7H3;3*1H3;/q4*-1;+4. The summed E-state index contributed by atoms with van der Waals surface area (Å²) in [5.41, 5.74) is 1.52. The summed E-state index contributed by atoms with van der Waals surface area (Å²) in [7, 11) is 0.831. The van der Waals surface area contributed by atoms with E-state index in [1.54, 1.807) is 21.3 Å². The first-order chi connectivity index (χ1) is 9.92. The van der Waals surface area contributed by atoms with Crippen LogP contribution >= 0.6 is 0 Å². The smallest absolute Gasteiger partial charge is 0.377 e. The van der Waals surface area contributed by atoms with Gasteiger partial charge in [0.2, 0.25) is 0 Å². The molecular weight excluding hydrogens is 527 g/mol. The Bertz CT molecular complexity index is 422. The fourth-order valence-corrected chi connectivity index (χ4v) is 8.42. The molecule has 1 aliphatic carbocycles. The summed E-state index contributed by atoms with van der Waals surface area (Å²) in [5.74, 6) is 0. The zero-order chi connectivity index (χ0) is 16.1. The monoisotopic (exact) mass is 565 g/mol. The van der Waals surface area contributed by atoms with Crippen LogP contribution in [0.3, 0.4) is 0 Å². The number of hydrogen-bond acceptors (Lipinski definition) is 3.